The number of piperidine rings is 1. The molecule has 0 spiro atoms. The Hall–Kier alpha value is -2.44. The van der Waals surface area contributed by atoms with Crippen LogP contribution in [-0.4, -0.2) is 61.7 Å². The van der Waals surface area contributed by atoms with Gasteiger partial charge in [-0.05, 0) is 75.0 Å². The first-order valence-corrected chi connectivity index (χ1v) is 11.6. The van der Waals surface area contributed by atoms with Gasteiger partial charge in [-0.1, -0.05) is 18.2 Å². The molecule has 6 heteroatoms. The zero-order valence-electron chi connectivity index (χ0n) is 18.8. The monoisotopic (exact) mass is 440 g/mol. The Morgan fingerprint density at radius 3 is 2.50 bits per heavy atom. The number of nitrogens with zero attached hydrogens (tertiary/aromatic N) is 2. The van der Waals surface area contributed by atoms with Gasteiger partial charge in [-0.25, -0.2) is 4.39 Å². The van der Waals surface area contributed by atoms with Gasteiger partial charge in [-0.2, -0.15) is 0 Å². The van der Waals surface area contributed by atoms with E-state index in [-0.39, 0.29) is 17.8 Å². The van der Waals surface area contributed by atoms with Crippen molar-refractivity contribution in [2.75, 3.05) is 39.9 Å². The third-order valence-corrected chi connectivity index (χ3v) is 6.61. The number of carbonyl (C=O) groups is 1. The van der Waals surface area contributed by atoms with Gasteiger partial charge in [0.1, 0.15) is 11.6 Å². The Kier molecular flexibility index (Phi) is 7.76. The van der Waals surface area contributed by atoms with Crippen molar-refractivity contribution >= 4 is 5.91 Å². The van der Waals surface area contributed by atoms with Crippen LogP contribution in [0.2, 0.25) is 0 Å². The predicted molar refractivity (Wildman–Crippen MR) is 122 cm³/mol. The molecule has 1 unspecified atom stereocenters. The summed E-state index contributed by atoms with van der Waals surface area (Å²) in [6.07, 6.45) is 4.20. The molecule has 0 bridgehead atoms. The number of ether oxygens (including phenoxy) is 2. The van der Waals surface area contributed by atoms with Crippen LogP contribution in [0.25, 0.3) is 0 Å². The third-order valence-electron chi connectivity index (χ3n) is 6.61. The number of amides is 1. The number of methoxy groups -OCH3 is 1. The molecule has 172 valence electrons. The zero-order chi connectivity index (χ0) is 22.3. The van der Waals surface area contributed by atoms with Crippen LogP contribution in [0, 0.1) is 11.7 Å². The molecular weight excluding hydrogens is 407 g/mol. The van der Waals surface area contributed by atoms with E-state index in [9.17, 15) is 9.18 Å². The number of carbonyl (C=O) groups excluding carboxylic acids is 1. The van der Waals surface area contributed by atoms with Crippen molar-refractivity contribution < 1.29 is 18.7 Å². The summed E-state index contributed by atoms with van der Waals surface area (Å²) >= 11 is 0. The van der Waals surface area contributed by atoms with E-state index in [0.29, 0.717) is 24.6 Å². The summed E-state index contributed by atoms with van der Waals surface area (Å²) in [6.45, 7) is 4.64. The molecule has 5 nitrogen and oxygen atoms in total. The van der Waals surface area contributed by atoms with Crippen molar-refractivity contribution in [1.82, 2.24) is 9.80 Å². The van der Waals surface area contributed by atoms with Crippen LogP contribution in [0.1, 0.15) is 41.6 Å². The molecule has 2 aliphatic rings. The fraction of sp³-hybridized carbons (Fsp3) is 0.500. The molecule has 0 aliphatic carbocycles. The molecule has 0 radical (unpaired) electrons. The zero-order valence-corrected chi connectivity index (χ0v) is 18.8. The predicted octanol–water partition coefficient (Wildman–Crippen LogP) is 4.37. The van der Waals surface area contributed by atoms with Crippen LogP contribution in [-0.2, 0) is 11.3 Å². The lowest BCUT2D eigenvalue weighted by atomic mass is 9.95. The molecule has 2 aromatic carbocycles. The van der Waals surface area contributed by atoms with Gasteiger partial charge in [0.15, 0.2) is 0 Å². The second-order valence-corrected chi connectivity index (χ2v) is 8.88. The average molecular weight is 441 g/mol. The van der Waals surface area contributed by atoms with E-state index in [1.165, 1.54) is 6.07 Å². The minimum absolute atomic E-state index is 0.0527. The fourth-order valence-corrected chi connectivity index (χ4v) is 4.70. The molecule has 0 saturated carbocycles. The molecule has 2 aromatic rings. The number of hydrogen-bond acceptors (Lipinski definition) is 4. The van der Waals surface area contributed by atoms with Crippen molar-refractivity contribution in [2.45, 2.75) is 38.3 Å². The molecule has 1 amide bonds. The molecule has 2 saturated heterocycles. The molecule has 0 aromatic heterocycles. The molecular formula is C26H33FN2O3. The summed E-state index contributed by atoms with van der Waals surface area (Å²) in [5.41, 5.74) is 1.43. The molecule has 2 heterocycles. The maximum absolute atomic E-state index is 14.0. The van der Waals surface area contributed by atoms with Crippen molar-refractivity contribution in [2.24, 2.45) is 5.92 Å². The van der Waals surface area contributed by atoms with Crippen LogP contribution >= 0.6 is 0 Å². The van der Waals surface area contributed by atoms with Gasteiger partial charge in [-0.3, -0.25) is 9.69 Å². The summed E-state index contributed by atoms with van der Waals surface area (Å²) in [7, 11) is 1.62. The first-order chi connectivity index (χ1) is 15.6. The summed E-state index contributed by atoms with van der Waals surface area (Å²) < 4.78 is 25.1. The van der Waals surface area contributed by atoms with E-state index in [4.69, 9.17) is 9.47 Å². The molecule has 0 N–H and O–H groups in total. The molecule has 2 aliphatic heterocycles. The largest absolute Gasteiger partial charge is 0.497 e. The van der Waals surface area contributed by atoms with Crippen molar-refractivity contribution in [3.05, 3.63) is 65.5 Å². The lowest BCUT2D eigenvalue weighted by Crippen LogP contribution is -2.43. The highest BCUT2D eigenvalue weighted by molar-refractivity contribution is 5.94. The summed E-state index contributed by atoms with van der Waals surface area (Å²) in [4.78, 5) is 17.6. The first kappa shape index (κ1) is 22.7. The van der Waals surface area contributed by atoms with Gasteiger partial charge < -0.3 is 14.4 Å². The van der Waals surface area contributed by atoms with Crippen molar-refractivity contribution in [3.8, 4) is 5.75 Å². The Bertz CT molecular complexity index is 875. The number of rotatable bonds is 8. The van der Waals surface area contributed by atoms with Crippen LogP contribution in [0.3, 0.4) is 0 Å². The lowest BCUT2D eigenvalue weighted by Gasteiger charge is -2.35. The van der Waals surface area contributed by atoms with E-state index in [0.717, 1.165) is 63.2 Å². The normalized spacial score (nSPS) is 19.8. The van der Waals surface area contributed by atoms with E-state index < -0.39 is 0 Å². The van der Waals surface area contributed by atoms with Gasteiger partial charge >= 0.3 is 0 Å². The molecule has 32 heavy (non-hydrogen) atoms. The quantitative estimate of drug-likeness (QED) is 0.611. The summed E-state index contributed by atoms with van der Waals surface area (Å²) in [6, 6.07) is 14.3. The van der Waals surface area contributed by atoms with E-state index in [2.05, 4.69) is 4.90 Å². The standard InChI is InChI=1S/C26H33FN2O3/c1-31-23-10-8-21(9-11-23)26(30)29(19-24-6-4-16-32-24)17-20-12-14-28(15-13-20)18-22-5-2-3-7-25(22)27/h2-3,5,7-11,20,24H,4,6,12-19H2,1H3. The smallest absolute Gasteiger partial charge is 0.253 e. The van der Waals surface area contributed by atoms with E-state index >= 15 is 0 Å². The molecule has 2 fully saturated rings. The topological polar surface area (TPSA) is 42.0 Å². The minimum atomic E-state index is -0.137. The molecule has 4 rings (SSSR count). The Balaban J connectivity index is 1.36. The minimum Gasteiger partial charge on any atom is -0.497 e. The molecule has 1 atom stereocenters. The van der Waals surface area contributed by atoms with Crippen LogP contribution < -0.4 is 4.74 Å². The number of halogens is 1. The highest BCUT2D eigenvalue weighted by Gasteiger charge is 2.28. The Labute approximate surface area is 190 Å². The second-order valence-electron chi connectivity index (χ2n) is 8.88. The Morgan fingerprint density at radius 1 is 1.09 bits per heavy atom. The number of likely N-dealkylation sites (tertiary alicyclic amines) is 1. The SMILES string of the molecule is COc1ccc(C(=O)N(CC2CCN(Cc3ccccc3F)CC2)CC2CCCO2)cc1. The van der Waals surface area contributed by atoms with Gasteiger partial charge in [-0.15, -0.1) is 0 Å². The van der Waals surface area contributed by atoms with Gasteiger partial charge in [0.2, 0.25) is 0 Å². The highest BCUT2D eigenvalue weighted by atomic mass is 19.1. The summed E-state index contributed by atoms with van der Waals surface area (Å²) in [5, 5.41) is 0. The number of benzene rings is 2. The van der Waals surface area contributed by atoms with Gasteiger partial charge in [0.05, 0.1) is 13.2 Å². The van der Waals surface area contributed by atoms with Crippen LogP contribution in [0.4, 0.5) is 4.39 Å². The van der Waals surface area contributed by atoms with Crippen molar-refractivity contribution in [1.29, 1.82) is 0 Å². The number of hydrogen-bond donors (Lipinski definition) is 0. The van der Waals surface area contributed by atoms with Crippen LogP contribution in [0.15, 0.2) is 48.5 Å². The van der Waals surface area contributed by atoms with Gasteiger partial charge in [0.25, 0.3) is 5.91 Å². The second kappa shape index (κ2) is 10.9. The van der Waals surface area contributed by atoms with Crippen LogP contribution in [0.5, 0.6) is 5.75 Å². The fourth-order valence-electron chi connectivity index (χ4n) is 4.70. The summed E-state index contributed by atoms with van der Waals surface area (Å²) in [5.74, 6) is 1.10. The third kappa shape index (κ3) is 5.87. The Morgan fingerprint density at radius 2 is 1.84 bits per heavy atom. The van der Waals surface area contributed by atoms with E-state index in [1.54, 1.807) is 13.2 Å². The van der Waals surface area contributed by atoms with Crippen molar-refractivity contribution in [3.63, 3.8) is 0 Å². The first-order valence-electron chi connectivity index (χ1n) is 11.6. The maximum Gasteiger partial charge on any atom is 0.253 e. The highest BCUT2D eigenvalue weighted by Crippen LogP contribution is 2.24. The maximum atomic E-state index is 14.0. The van der Waals surface area contributed by atoms with Gasteiger partial charge in [0, 0.05) is 37.4 Å². The lowest BCUT2D eigenvalue weighted by molar-refractivity contribution is 0.0444. The van der Waals surface area contributed by atoms with E-state index in [1.807, 2.05) is 41.3 Å². The average Bonchev–Trinajstić information content (AvgIpc) is 3.34.